The van der Waals surface area contributed by atoms with E-state index in [4.69, 9.17) is 4.74 Å². The van der Waals surface area contributed by atoms with E-state index in [0.29, 0.717) is 25.9 Å². The highest BCUT2D eigenvalue weighted by Gasteiger charge is 2.20. The fourth-order valence-electron chi connectivity index (χ4n) is 11.0. The van der Waals surface area contributed by atoms with Crippen molar-refractivity contribution in [1.29, 1.82) is 0 Å². The quantitative estimate of drug-likeness (QED) is 0.0320. The summed E-state index contributed by atoms with van der Waals surface area (Å²) in [6.07, 6.45) is 86.2. The number of amides is 1. The van der Waals surface area contributed by atoms with Crippen molar-refractivity contribution in [3.8, 4) is 0 Å². The Bertz CT molecular complexity index is 1260. The van der Waals surface area contributed by atoms with Gasteiger partial charge < -0.3 is 20.3 Å². The van der Waals surface area contributed by atoms with Crippen LogP contribution in [0.3, 0.4) is 0 Å². The predicted octanol–water partition coefficient (Wildman–Crippen LogP) is 22.7. The third-order valence-corrected chi connectivity index (χ3v) is 16.4. The number of hydrogen-bond acceptors (Lipinski definition) is 5. The second-order valence-corrected chi connectivity index (χ2v) is 24.2. The number of allylic oxidation sites excluding steroid dienone is 6. The molecule has 2 atom stereocenters. The molecule has 0 aromatic carbocycles. The lowest BCUT2D eigenvalue weighted by Gasteiger charge is -2.22. The second kappa shape index (κ2) is 67.6. The van der Waals surface area contributed by atoms with Gasteiger partial charge in [-0.15, -0.1) is 0 Å². The van der Waals surface area contributed by atoms with Crippen molar-refractivity contribution in [2.24, 2.45) is 0 Å². The SMILES string of the molecule is CCCC/C=C\C/C=C\CCCCCCCC(=O)OCCCCCCCCCCCCCC/C=C\CCCCCCCCCCCCCCCCCC(=O)NC(CO)C(O)CCCCCCCCCCCCCCCCCC. The van der Waals surface area contributed by atoms with Crippen LogP contribution in [-0.4, -0.2) is 47.4 Å². The molecule has 0 radical (unpaired) electrons. The third-order valence-electron chi connectivity index (χ3n) is 16.4. The van der Waals surface area contributed by atoms with Crippen molar-refractivity contribution in [2.75, 3.05) is 13.2 Å². The van der Waals surface area contributed by atoms with Gasteiger partial charge in [0.2, 0.25) is 5.91 Å². The molecular formula is C72H137NO5. The number of carbonyl (C=O) groups excluding carboxylic acids is 2. The van der Waals surface area contributed by atoms with E-state index in [1.54, 1.807) is 0 Å². The van der Waals surface area contributed by atoms with Crippen LogP contribution >= 0.6 is 0 Å². The summed E-state index contributed by atoms with van der Waals surface area (Å²) in [6.45, 7) is 4.94. The zero-order valence-electron chi connectivity index (χ0n) is 52.7. The predicted molar refractivity (Wildman–Crippen MR) is 343 cm³/mol. The van der Waals surface area contributed by atoms with Crippen molar-refractivity contribution in [3.63, 3.8) is 0 Å². The van der Waals surface area contributed by atoms with Crippen molar-refractivity contribution < 1.29 is 24.5 Å². The number of hydrogen-bond donors (Lipinski definition) is 3. The minimum Gasteiger partial charge on any atom is -0.466 e. The Morgan fingerprint density at radius 2 is 0.654 bits per heavy atom. The Morgan fingerprint density at radius 3 is 1.03 bits per heavy atom. The molecular weight excluding hydrogens is 959 g/mol. The van der Waals surface area contributed by atoms with Crippen molar-refractivity contribution in [2.45, 2.75) is 398 Å². The number of nitrogens with one attached hydrogen (secondary N) is 1. The highest BCUT2D eigenvalue weighted by Crippen LogP contribution is 2.19. The van der Waals surface area contributed by atoms with E-state index in [9.17, 15) is 19.8 Å². The highest BCUT2D eigenvalue weighted by atomic mass is 16.5. The highest BCUT2D eigenvalue weighted by molar-refractivity contribution is 5.76. The number of ether oxygens (including phenoxy) is 1. The monoisotopic (exact) mass is 1100 g/mol. The van der Waals surface area contributed by atoms with E-state index in [2.05, 4.69) is 55.6 Å². The number of aliphatic hydroxyl groups excluding tert-OH is 2. The van der Waals surface area contributed by atoms with Crippen LogP contribution in [0.5, 0.6) is 0 Å². The fraction of sp³-hybridized carbons (Fsp3) is 0.889. The standard InChI is InChI=1S/C72H137NO5/c1-3-5-7-9-11-13-15-17-19-37-40-44-48-52-56-60-64-70(75)69(68-74)73-71(76)65-61-57-53-49-45-41-38-35-33-31-29-27-25-23-21-20-22-24-26-28-30-32-34-36-39-43-47-51-55-59-63-67-78-72(77)66-62-58-54-50-46-42-18-16-14-12-10-8-6-4-2/h10,12,16,18,22,24,69-70,74-75H,3-9,11,13-15,17,19-21,23,25-68H2,1-2H3,(H,73,76)/b12-10-,18-16-,24-22-. The summed E-state index contributed by atoms with van der Waals surface area (Å²) >= 11 is 0. The summed E-state index contributed by atoms with van der Waals surface area (Å²) in [6, 6.07) is -0.540. The molecule has 0 aliphatic rings. The van der Waals surface area contributed by atoms with Gasteiger partial charge in [0.05, 0.1) is 25.4 Å². The summed E-state index contributed by atoms with van der Waals surface area (Å²) in [4.78, 5) is 24.6. The molecule has 0 aliphatic heterocycles. The first-order valence-corrected chi connectivity index (χ1v) is 35.2. The lowest BCUT2D eigenvalue weighted by Crippen LogP contribution is -2.45. The summed E-state index contributed by atoms with van der Waals surface area (Å²) in [5.74, 6) is -0.0267. The lowest BCUT2D eigenvalue weighted by molar-refractivity contribution is -0.143. The van der Waals surface area contributed by atoms with E-state index >= 15 is 0 Å². The number of rotatable bonds is 66. The first kappa shape index (κ1) is 76.1. The number of aliphatic hydroxyl groups is 2. The number of carbonyl (C=O) groups is 2. The first-order chi connectivity index (χ1) is 38.5. The molecule has 0 aromatic heterocycles. The van der Waals surface area contributed by atoms with Crippen LogP contribution in [0.15, 0.2) is 36.5 Å². The molecule has 460 valence electrons. The van der Waals surface area contributed by atoms with Crippen LogP contribution in [0.1, 0.15) is 386 Å². The van der Waals surface area contributed by atoms with Crippen molar-refractivity contribution in [1.82, 2.24) is 5.32 Å². The molecule has 3 N–H and O–H groups in total. The molecule has 0 aliphatic carbocycles. The Kier molecular flexibility index (Phi) is 65.9. The van der Waals surface area contributed by atoms with Crippen LogP contribution in [0.25, 0.3) is 0 Å². The van der Waals surface area contributed by atoms with Crippen molar-refractivity contribution >= 4 is 11.9 Å². The van der Waals surface area contributed by atoms with Crippen molar-refractivity contribution in [3.05, 3.63) is 36.5 Å². The molecule has 0 aromatic rings. The van der Waals surface area contributed by atoms with E-state index in [1.807, 2.05) is 0 Å². The molecule has 0 spiro atoms. The zero-order valence-corrected chi connectivity index (χ0v) is 52.7. The Hall–Kier alpha value is -1.92. The Balaban J connectivity index is 3.36. The van der Waals surface area contributed by atoms with Crippen LogP contribution in [0, 0.1) is 0 Å². The lowest BCUT2D eigenvalue weighted by atomic mass is 10.0. The van der Waals surface area contributed by atoms with Crippen LogP contribution in [-0.2, 0) is 14.3 Å². The minimum atomic E-state index is -0.663. The minimum absolute atomic E-state index is 0.00329. The molecule has 0 fully saturated rings. The average Bonchev–Trinajstić information content (AvgIpc) is 3.44. The maximum atomic E-state index is 12.5. The molecule has 78 heavy (non-hydrogen) atoms. The van der Waals surface area contributed by atoms with Gasteiger partial charge in [-0.05, 0) is 77.0 Å². The van der Waals surface area contributed by atoms with Gasteiger partial charge in [0.1, 0.15) is 0 Å². The Morgan fingerprint density at radius 1 is 0.359 bits per heavy atom. The molecule has 6 heteroatoms. The molecule has 0 bridgehead atoms. The number of unbranched alkanes of at least 4 members (excludes halogenated alkanes) is 49. The summed E-state index contributed by atoms with van der Waals surface area (Å²) < 4.78 is 5.48. The van der Waals surface area contributed by atoms with E-state index in [1.165, 1.54) is 302 Å². The number of esters is 1. The molecule has 0 heterocycles. The van der Waals surface area contributed by atoms with Gasteiger partial charge in [0.15, 0.2) is 0 Å². The maximum Gasteiger partial charge on any atom is 0.305 e. The molecule has 1 amide bonds. The normalized spacial score (nSPS) is 12.7. The van der Waals surface area contributed by atoms with Gasteiger partial charge in [-0.3, -0.25) is 9.59 Å². The zero-order chi connectivity index (χ0) is 56.4. The van der Waals surface area contributed by atoms with E-state index < -0.39 is 12.1 Å². The van der Waals surface area contributed by atoms with Crippen LogP contribution in [0.2, 0.25) is 0 Å². The van der Waals surface area contributed by atoms with Gasteiger partial charge >= 0.3 is 5.97 Å². The van der Waals surface area contributed by atoms with Gasteiger partial charge in [0, 0.05) is 12.8 Å². The maximum absolute atomic E-state index is 12.5. The van der Waals surface area contributed by atoms with Gasteiger partial charge in [-0.25, -0.2) is 0 Å². The average molecular weight is 1100 g/mol. The molecule has 0 rings (SSSR count). The summed E-state index contributed by atoms with van der Waals surface area (Å²) in [5.41, 5.74) is 0. The Labute approximate surface area is 487 Å². The molecule has 6 nitrogen and oxygen atoms in total. The molecule has 2 unspecified atom stereocenters. The van der Waals surface area contributed by atoms with Gasteiger partial charge in [-0.2, -0.15) is 0 Å². The van der Waals surface area contributed by atoms with E-state index in [-0.39, 0.29) is 18.5 Å². The van der Waals surface area contributed by atoms with Gasteiger partial charge in [0.25, 0.3) is 0 Å². The summed E-state index contributed by atoms with van der Waals surface area (Å²) in [7, 11) is 0. The fourth-order valence-corrected chi connectivity index (χ4v) is 11.0. The third kappa shape index (κ3) is 63.3. The van der Waals surface area contributed by atoms with Crippen LogP contribution in [0.4, 0.5) is 0 Å². The second-order valence-electron chi connectivity index (χ2n) is 24.2. The van der Waals surface area contributed by atoms with E-state index in [0.717, 1.165) is 51.4 Å². The topological polar surface area (TPSA) is 95.9 Å². The van der Waals surface area contributed by atoms with Crippen LogP contribution < -0.4 is 5.32 Å². The van der Waals surface area contributed by atoms with Gasteiger partial charge in [-0.1, -0.05) is 333 Å². The summed E-state index contributed by atoms with van der Waals surface area (Å²) in [5, 5.41) is 23.4. The molecule has 0 saturated carbocycles. The largest absolute Gasteiger partial charge is 0.466 e. The smallest absolute Gasteiger partial charge is 0.305 e. The molecule has 0 saturated heterocycles. The first-order valence-electron chi connectivity index (χ1n) is 35.2.